The van der Waals surface area contributed by atoms with Gasteiger partial charge in [0.25, 0.3) is 0 Å². The lowest BCUT2D eigenvalue weighted by atomic mass is 10.4. The number of aryl methyl sites for hydroxylation is 1. The summed E-state index contributed by atoms with van der Waals surface area (Å²) in [5.41, 5.74) is 7.01. The van der Waals surface area contributed by atoms with Crippen LogP contribution in [0.4, 0.5) is 5.00 Å². The Morgan fingerprint density at radius 1 is 1.40 bits per heavy atom. The molecular weight excluding hydrogens is 230 g/mol. The average Bonchev–Trinajstić information content (AvgIpc) is 2.80. The fraction of sp³-hybridized carbons (Fsp3) is 0.100. The van der Waals surface area contributed by atoms with Crippen molar-refractivity contribution in [2.45, 2.75) is 6.92 Å². The van der Waals surface area contributed by atoms with E-state index in [2.05, 4.69) is 0 Å². The van der Waals surface area contributed by atoms with Crippen LogP contribution in [0.25, 0.3) is 0 Å². The standard InChI is InChI=1S/C5H7NS.C5H4O2S/c1-4-2-3-7-5(4)6;6-5(7)4-1-2-8-3-4/h2-3H,6H2,1H3;1-3H,(H,6,7). The molecule has 0 unspecified atom stereocenters. The van der Waals surface area contributed by atoms with Gasteiger partial charge in [0.15, 0.2) is 0 Å². The lowest BCUT2D eigenvalue weighted by Crippen LogP contribution is -1.90. The van der Waals surface area contributed by atoms with Gasteiger partial charge in [0, 0.05) is 5.38 Å². The van der Waals surface area contributed by atoms with Gasteiger partial charge in [-0.2, -0.15) is 11.3 Å². The van der Waals surface area contributed by atoms with Gasteiger partial charge in [0.2, 0.25) is 0 Å². The zero-order chi connectivity index (χ0) is 11.3. The van der Waals surface area contributed by atoms with Crippen molar-refractivity contribution in [3.8, 4) is 0 Å². The molecule has 0 fully saturated rings. The smallest absolute Gasteiger partial charge is 0.336 e. The number of nitrogens with two attached hydrogens (primary N) is 1. The Morgan fingerprint density at radius 3 is 2.33 bits per heavy atom. The highest BCUT2D eigenvalue weighted by molar-refractivity contribution is 7.14. The number of nitrogen functional groups attached to an aromatic ring is 1. The molecule has 0 atom stereocenters. The van der Waals surface area contributed by atoms with E-state index < -0.39 is 5.97 Å². The zero-order valence-electron chi connectivity index (χ0n) is 8.14. The van der Waals surface area contributed by atoms with E-state index in [4.69, 9.17) is 10.8 Å². The van der Waals surface area contributed by atoms with Gasteiger partial charge in [-0.3, -0.25) is 0 Å². The molecule has 0 spiro atoms. The maximum absolute atomic E-state index is 10.1. The van der Waals surface area contributed by atoms with Gasteiger partial charge in [0.05, 0.1) is 10.6 Å². The van der Waals surface area contributed by atoms with E-state index in [0.29, 0.717) is 5.56 Å². The number of carboxylic acid groups (broad SMARTS) is 1. The zero-order valence-corrected chi connectivity index (χ0v) is 9.77. The molecule has 0 aliphatic rings. The second kappa shape index (κ2) is 5.53. The van der Waals surface area contributed by atoms with Gasteiger partial charge in [-0.1, -0.05) is 0 Å². The van der Waals surface area contributed by atoms with Gasteiger partial charge < -0.3 is 10.8 Å². The van der Waals surface area contributed by atoms with Gasteiger partial charge in [-0.05, 0) is 35.4 Å². The number of hydrogen-bond acceptors (Lipinski definition) is 4. The molecule has 0 aliphatic heterocycles. The Bertz CT molecular complexity index is 404. The van der Waals surface area contributed by atoms with Crippen LogP contribution in [0, 0.1) is 6.92 Å². The van der Waals surface area contributed by atoms with Crippen molar-refractivity contribution in [3.05, 3.63) is 39.4 Å². The van der Waals surface area contributed by atoms with Crippen LogP contribution in [0.15, 0.2) is 28.3 Å². The van der Waals surface area contributed by atoms with E-state index in [1.165, 1.54) is 16.9 Å². The van der Waals surface area contributed by atoms with Crippen molar-refractivity contribution >= 4 is 33.6 Å². The summed E-state index contributed by atoms with van der Waals surface area (Å²) >= 11 is 2.97. The van der Waals surface area contributed by atoms with Crippen molar-refractivity contribution in [1.82, 2.24) is 0 Å². The maximum atomic E-state index is 10.1. The van der Waals surface area contributed by atoms with Crippen molar-refractivity contribution < 1.29 is 9.90 Å². The van der Waals surface area contributed by atoms with Crippen molar-refractivity contribution in [2.75, 3.05) is 5.73 Å². The molecule has 0 saturated heterocycles. The predicted octanol–water partition coefficient (Wildman–Crippen LogP) is 3.09. The van der Waals surface area contributed by atoms with Crippen molar-refractivity contribution in [2.24, 2.45) is 0 Å². The molecule has 5 heteroatoms. The van der Waals surface area contributed by atoms with Gasteiger partial charge >= 0.3 is 5.97 Å². The molecule has 3 nitrogen and oxygen atoms in total. The summed E-state index contributed by atoms with van der Waals surface area (Å²) < 4.78 is 0. The minimum Gasteiger partial charge on any atom is -0.478 e. The summed E-state index contributed by atoms with van der Waals surface area (Å²) in [7, 11) is 0. The monoisotopic (exact) mass is 241 g/mol. The topological polar surface area (TPSA) is 63.3 Å². The average molecular weight is 241 g/mol. The van der Waals surface area contributed by atoms with Gasteiger partial charge in [-0.25, -0.2) is 4.79 Å². The Labute approximate surface area is 95.8 Å². The number of aromatic carboxylic acids is 1. The third kappa shape index (κ3) is 3.73. The molecule has 0 bridgehead atoms. The molecule has 2 aromatic rings. The quantitative estimate of drug-likeness (QED) is 0.806. The molecule has 0 saturated carbocycles. The van der Waals surface area contributed by atoms with Crippen LogP contribution in [0.1, 0.15) is 15.9 Å². The lowest BCUT2D eigenvalue weighted by molar-refractivity contribution is 0.0697. The van der Waals surface area contributed by atoms with E-state index in [0.717, 1.165) is 5.00 Å². The second-order valence-electron chi connectivity index (χ2n) is 2.79. The largest absolute Gasteiger partial charge is 0.478 e. The minimum absolute atomic E-state index is 0.370. The molecule has 0 radical (unpaired) electrons. The molecule has 15 heavy (non-hydrogen) atoms. The number of anilines is 1. The Balaban J connectivity index is 0.000000151. The highest BCUT2D eigenvalue weighted by Crippen LogP contribution is 2.16. The first kappa shape index (κ1) is 11.7. The van der Waals surface area contributed by atoms with E-state index in [-0.39, 0.29) is 0 Å². The third-order valence-corrected chi connectivity index (χ3v) is 3.20. The molecule has 0 amide bonds. The number of carboxylic acids is 1. The fourth-order valence-corrected chi connectivity index (χ4v) is 2.07. The third-order valence-electron chi connectivity index (χ3n) is 1.67. The van der Waals surface area contributed by atoms with Crippen LogP contribution in [-0.4, -0.2) is 11.1 Å². The predicted molar refractivity (Wildman–Crippen MR) is 64.7 cm³/mol. The summed E-state index contributed by atoms with van der Waals surface area (Å²) in [5.74, 6) is -0.855. The molecule has 2 aromatic heterocycles. The SMILES string of the molecule is Cc1ccsc1N.O=C(O)c1ccsc1. The minimum atomic E-state index is -0.855. The summed E-state index contributed by atoms with van der Waals surface area (Å²) in [4.78, 5) is 10.1. The maximum Gasteiger partial charge on any atom is 0.336 e. The Kier molecular flexibility index (Phi) is 4.33. The number of rotatable bonds is 1. The first-order valence-corrected chi connectivity index (χ1v) is 5.98. The molecule has 2 heterocycles. The summed E-state index contributed by atoms with van der Waals surface area (Å²) in [5, 5.41) is 14.5. The lowest BCUT2D eigenvalue weighted by Gasteiger charge is -1.80. The second-order valence-corrected chi connectivity index (χ2v) is 4.51. The highest BCUT2D eigenvalue weighted by atomic mass is 32.1. The van der Waals surface area contributed by atoms with Crippen LogP contribution in [0.5, 0.6) is 0 Å². The van der Waals surface area contributed by atoms with Gasteiger partial charge in [0.1, 0.15) is 0 Å². The molecule has 3 N–H and O–H groups in total. The van der Waals surface area contributed by atoms with Crippen LogP contribution in [0.2, 0.25) is 0 Å². The van der Waals surface area contributed by atoms with E-state index in [9.17, 15) is 4.79 Å². The highest BCUT2D eigenvalue weighted by Gasteiger charge is 1.98. The van der Waals surface area contributed by atoms with Crippen LogP contribution in [-0.2, 0) is 0 Å². The molecule has 0 aromatic carbocycles. The van der Waals surface area contributed by atoms with E-state index in [1.807, 2.05) is 18.4 Å². The first-order valence-electron chi connectivity index (χ1n) is 4.16. The van der Waals surface area contributed by atoms with Crippen molar-refractivity contribution in [3.63, 3.8) is 0 Å². The van der Waals surface area contributed by atoms with E-state index in [1.54, 1.807) is 28.2 Å². The molecule has 2 rings (SSSR count). The van der Waals surface area contributed by atoms with Crippen LogP contribution in [0.3, 0.4) is 0 Å². The molecular formula is C10H11NO2S2. The number of hydrogen-bond donors (Lipinski definition) is 2. The number of carbonyl (C=O) groups is 1. The van der Waals surface area contributed by atoms with Crippen LogP contribution >= 0.6 is 22.7 Å². The van der Waals surface area contributed by atoms with Crippen LogP contribution < -0.4 is 5.73 Å². The van der Waals surface area contributed by atoms with E-state index >= 15 is 0 Å². The fourth-order valence-electron chi connectivity index (χ4n) is 0.771. The normalized spacial score (nSPS) is 9.13. The Hall–Kier alpha value is -1.33. The molecule has 80 valence electrons. The van der Waals surface area contributed by atoms with Gasteiger partial charge in [-0.15, -0.1) is 11.3 Å². The summed E-state index contributed by atoms with van der Waals surface area (Å²) in [6.07, 6.45) is 0. The molecule has 0 aliphatic carbocycles. The first-order chi connectivity index (χ1) is 7.11. The number of thiophene rings is 2. The summed E-state index contributed by atoms with van der Waals surface area (Å²) in [6.45, 7) is 2.01. The van der Waals surface area contributed by atoms with Crippen molar-refractivity contribution in [1.29, 1.82) is 0 Å². The summed E-state index contributed by atoms with van der Waals surface area (Å²) in [6, 6.07) is 3.59. The Morgan fingerprint density at radius 2 is 2.13 bits per heavy atom.